The number of nitrogens with zero attached hydrogens (tertiary/aromatic N) is 2. The first kappa shape index (κ1) is 13.5. The van der Waals surface area contributed by atoms with Crippen LogP contribution in [0.25, 0.3) is 0 Å². The Morgan fingerprint density at radius 3 is 2.31 bits per heavy atom. The molecule has 94 valence electrons. The molecule has 1 heterocycles. The summed E-state index contributed by atoms with van der Waals surface area (Å²) in [5.41, 5.74) is 0. The fraction of sp³-hybridized carbons (Fsp3) is 0.917. The minimum atomic E-state index is -0.680. The summed E-state index contributed by atoms with van der Waals surface area (Å²) in [4.78, 5) is 15.2. The van der Waals surface area contributed by atoms with Crippen LogP contribution in [0.15, 0.2) is 0 Å². The molecule has 1 rings (SSSR count). The smallest absolute Gasteiger partial charge is 0.303 e. The Labute approximate surface area is 98.2 Å². The van der Waals surface area contributed by atoms with Crippen molar-refractivity contribution in [3.05, 3.63) is 0 Å². The molecule has 0 aromatic heterocycles. The molecule has 4 nitrogen and oxygen atoms in total. The highest BCUT2D eigenvalue weighted by molar-refractivity contribution is 5.66. The van der Waals surface area contributed by atoms with Gasteiger partial charge in [-0.15, -0.1) is 0 Å². The van der Waals surface area contributed by atoms with Crippen molar-refractivity contribution >= 4 is 5.97 Å². The molecule has 0 bridgehead atoms. The summed E-state index contributed by atoms with van der Waals surface area (Å²) in [7, 11) is 2.18. The summed E-state index contributed by atoms with van der Waals surface area (Å²) in [5, 5.41) is 8.55. The molecule has 2 atom stereocenters. The summed E-state index contributed by atoms with van der Waals surface area (Å²) in [5.74, 6) is -0.680. The Kier molecular flexibility index (Phi) is 5.22. The molecule has 4 heteroatoms. The zero-order valence-electron chi connectivity index (χ0n) is 10.6. The van der Waals surface area contributed by atoms with Crippen LogP contribution in [0, 0.1) is 0 Å². The number of hydrogen-bond acceptors (Lipinski definition) is 3. The van der Waals surface area contributed by atoms with E-state index in [1.807, 2.05) is 0 Å². The number of carboxylic acid groups (broad SMARTS) is 1. The molecule has 0 amide bonds. The number of carbonyl (C=O) groups is 1. The number of carboxylic acids is 1. The summed E-state index contributed by atoms with van der Waals surface area (Å²) in [6, 6.07) is 1.20. The molecule has 0 saturated carbocycles. The van der Waals surface area contributed by atoms with Crippen molar-refractivity contribution in [3.8, 4) is 0 Å². The van der Waals surface area contributed by atoms with Crippen LogP contribution in [0.4, 0.5) is 0 Å². The van der Waals surface area contributed by atoms with E-state index in [4.69, 9.17) is 5.11 Å². The van der Waals surface area contributed by atoms with Gasteiger partial charge < -0.3 is 10.0 Å². The van der Waals surface area contributed by atoms with Gasteiger partial charge in [0.2, 0.25) is 0 Å². The molecular weight excluding hydrogens is 204 g/mol. The normalized spacial score (nSPS) is 28.2. The lowest BCUT2D eigenvalue weighted by molar-refractivity contribution is -0.137. The first-order valence-electron chi connectivity index (χ1n) is 6.16. The van der Waals surface area contributed by atoms with Gasteiger partial charge in [0.25, 0.3) is 0 Å². The van der Waals surface area contributed by atoms with Gasteiger partial charge in [-0.2, -0.15) is 0 Å². The average Bonchev–Trinajstić information content (AvgIpc) is 2.20. The van der Waals surface area contributed by atoms with Crippen molar-refractivity contribution in [3.63, 3.8) is 0 Å². The Hall–Kier alpha value is -0.610. The van der Waals surface area contributed by atoms with E-state index in [0.29, 0.717) is 18.5 Å². The first-order valence-corrected chi connectivity index (χ1v) is 6.16. The molecule has 0 radical (unpaired) electrons. The van der Waals surface area contributed by atoms with Gasteiger partial charge >= 0.3 is 5.97 Å². The van der Waals surface area contributed by atoms with E-state index in [1.54, 1.807) is 0 Å². The van der Waals surface area contributed by atoms with Crippen LogP contribution in [0.2, 0.25) is 0 Å². The largest absolute Gasteiger partial charge is 0.481 e. The van der Waals surface area contributed by atoms with Crippen molar-refractivity contribution in [1.82, 2.24) is 9.80 Å². The van der Waals surface area contributed by atoms with Crippen LogP contribution < -0.4 is 0 Å². The highest BCUT2D eigenvalue weighted by Gasteiger charge is 2.25. The molecule has 1 N–H and O–H groups in total. The molecule has 0 spiro atoms. The Balaban J connectivity index is 2.20. The minimum absolute atomic E-state index is 0.304. The molecule has 1 aliphatic rings. The second-order valence-electron chi connectivity index (χ2n) is 4.97. The van der Waals surface area contributed by atoms with E-state index < -0.39 is 5.97 Å². The summed E-state index contributed by atoms with van der Waals surface area (Å²) in [6.07, 6.45) is 2.10. The van der Waals surface area contributed by atoms with E-state index in [9.17, 15) is 4.79 Å². The van der Waals surface area contributed by atoms with Gasteiger partial charge in [0.15, 0.2) is 0 Å². The Bertz CT molecular complexity index is 221. The number of likely N-dealkylation sites (N-methyl/N-ethyl adjacent to an activating group) is 1. The van der Waals surface area contributed by atoms with E-state index in [1.165, 1.54) is 0 Å². The molecule has 1 saturated heterocycles. The predicted octanol–water partition coefficient (Wildman–Crippen LogP) is 1.27. The number of unbranched alkanes of at least 4 members (excludes halogenated alkanes) is 1. The topological polar surface area (TPSA) is 43.8 Å². The second-order valence-corrected chi connectivity index (χ2v) is 4.97. The van der Waals surface area contributed by atoms with Gasteiger partial charge in [-0.05, 0) is 40.3 Å². The van der Waals surface area contributed by atoms with Gasteiger partial charge in [0.05, 0.1) is 0 Å². The maximum Gasteiger partial charge on any atom is 0.303 e. The number of hydrogen-bond donors (Lipinski definition) is 1. The molecule has 0 aliphatic carbocycles. The lowest BCUT2D eigenvalue weighted by atomic mass is 10.1. The van der Waals surface area contributed by atoms with Gasteiger partial charge in [0.1, 0.15) is 0 Å². The highest BCUT2D eigenvalue weighted by Crippen LogP contribution is 2.13. The lowest BCUT2D eigenvalue weighted by Gasteiger charge is -2.42. The lowest BCUT2D eigenvalue weighted by Crippen LogP contribution is -2.54. The standard InChI is InChI=1S/C12H24N2O2/c1-10-8-14(9-11(2)13(10)3)7-5-4-6-12(15)16/h10-11H,4-9H2,1-3H3,(H,15,16). The molecule has 0 aromatic rings. The van der Waals surface area contributed by atoms with E-state index in [0.717, 1.165) is 32.5 Å². The Morgan fingerprint density at radius 1 is 1.25 bits per heavy atom. The zero-order valence-corrected chi connectivity index (χ0v) is 10.6. The van der Waals surface area contributed by atoms with Gasteiger partial charge in [-0.3, -0.25) is 9.69 Å². The van der Waals surface area contributed by atoms with Crippen molar-refractivity contribution in [2.24, 2.45) is 0 Å². The Morgan fingerprint density at radius 2 is 1.81 bits per heavy atom. The maximum absolute atomic E-state index is 10.4. The quantitative estimate of drug-likeness (QED) is 0.720. The maximum atomic E-state index is 10.4. The van der Waals surface area contributed by atoms with Crippen molar-refractivity contribution < 1.29 is 9.90 Å². The third kappa shape index (κ3) is 4.10. The minimum Gasteiger partial charge on any atom is -0.481 e. The molecule has 16 heavy (non-hydrogen) atoms. The number of rotatable bonds is 5. The fourth-order valence-corrected chi connectivity index (χ4v) is 2.31. The van der Waals surface area contributed by atoms with Crippen LogP contribution in [0.1, 0.15) is 33.1 Å². The first-order chi connectivity index (χ1) is 7.50. The van der Waals surface area contributed by atoms with Crippen LogP contribution in [-0.4, -0.2) is 59.6 Å². The van der Waals surface area contributed by atoms with Gasteiger partial charge in [-0.25, -0.2) is 0 Å². The number of aliphatic carboxylic acids is 1. The van der Waals surface area contributed by atoms with E-state index in [2.05, 4.69) is 30.7 Å². The predicted molar refractivity (Wildman–Crippen MR) is 64.6 cm³/mol. The fourth-order valence-electron chi connectivity index (χ4n) is 2.31. The van der Waals surface area contributed by atoms with Crippen molar-refractivity contribution in [2.45, 2.75) is 45.2 Å². The van der Waals surface area contributed by atoms with E-state index >= 15 is 0 Å². The van der Waals surface area contributed by atoms with Crippen LogP contribution >= 0.6 is 0 Å². The second kappa shape index (κ2) is 6.21. The van der Waals surface area contributed by atoms with Crippen molar-refractivity contribution in [2.75, 3.05) is 26.7 Å². The highest BCUT2D eigenvalue weighted by atomic mass is 16.4. The van der Waals surface area contributed by atoms with Crippen LogP contribution in [0.3, 0.4) is 0 Å². The van der Waals surface area contributed by atoms with Crippen molar-refractivity contribution in [1.29, 1.82) is 0 Å². The molecular formula is C12H24N2O2. The van der Waals surface area contributed by atoms with Crippen LogP contribution in [-0.2, 0) is 4.79 Å². The average molecular weight is 228 g/mol. The third-order valence-corrected chi connectivity index (χ3v) is 3.55. The summed E-state index contributed by atoms with van der Waals surface area (Å²) < 4.78 is 0. The third-order valence-electron chi connectivity index (χ3n) is 3.55. The summed E-state index contributed by atoms with van der Waals surface area (Å²) >= 11 is 0. The zero-order chi connectivity index (χ0) is 12.1. The molecule has 1 aliphatic heterocycles. The van der Waals surface area contributed by atoms with Gasteiger partial charge in [-0.1, -0.05) is 0 Å². The van der Waals surface area contributed by atoms with Gasteiger partial charge in [0, 0.05) is 31.6 Å². The summed E-state index contributed by atoms with van der Waals surface area (Å²) in [6.45, 7) is 7.75. The van der Waals surface area contributed by atoms with E-state index in [-0.39, 0.29) is 0 Å². The molecule has 1 fully saturated rings. The number of piperazine rings is 1. The molecule has 0 aromatic carbocycles. The van der Waals surface area contributed by atoms with Crippen LogP contribution in [0.5, 0.6) is 0 Å². The monoisotopic (exact) mass is 228 g/mol. The SMILES string of the molecule is CC1CN(CCCCC(=O)O)CC(C)N1C. The molecule has 2 unspecified atom stereocenters.